The van der Waals surface area contributed by atoms with Crippen LogP contribution in [0.4, 0.5) is 4.79 Å². The molecule has 2 aliphatic heterocycles. The number of hydrogen-bond acceptors (Lipinski definition) is 5. The lowest BCUT2D eigenvalue weighted by molar-refractivity contribution is -0.141. The highest BCUT2D eigenvalue weighted by Gasteiger charge is 2.53. The first kappa shape index (κ1) is 24.9. The molecule has 186 valence electrons. The topological polar surface area (TPSA) is 104 Å². The molecule has 0 radical (unpaired) electrons. The summed E-state index contributed by atoms with van der Waals surface area (Å²) in [6, 6.07) is 17.1. The van der Waals surface area contributed by atoms with Gasteiger partial charge in [-0.3, -0.25) is 14.5 Å². The Balaban J connectivity index is 1.63. The lowest BCUT2D eigenvalue weighted by Gasteiger charge is -2.34. The third-order valence-electron chi connectivity index (χ3n) is 7.00. The van der Waals surface area contributed by atoms with E-state index in [9.17, 15) is 22.8 Å². The number of rotatable bonds is 8. The van der Waals surface area contributed by atoms with Crippen LogP contribution in [0.5, 0.6) is 0 Å². The molecule has 2 aromatic rings. The van der Waals surface area contributed by atoms with Crippen molar-refractivity contribution in [2.24, 2.45) is 0 Å². The second-order valence-corrected chi connectivity index (χ2v) is 11.6. The Morgan fingerprint density at radius 2 is 1.74 bits per heavy atom. The number of urea groups is 1. The zero-order valence-corrected chi connectivity index (χ0v) is 20.8. The number of benzene rings is 2. The number of carbonyl (C=O) groups is 3. The molecule has 4 amide bonds. The predicted molar refractivity (Wildman–Crippen MR) is 132 cm³/mol. The first-order valence-electron chi connectivity index (χ1n) is 11.9. The summed E-state index contributed by atoms with van der Waals surface area (Å²) >= 11 is 0. The molecular weight excluding hydrogens is 466 g/mol. The van der Waals surface area contributed by atoms with Gasteiger partial charge in [0.25, 0.3) is 5.91 Å². The highest BCUT2D eigenvalue weighted by Crippen LogP contribution is 2.33. The van der Waals surface area contributed by atoms with Crippen LogP contribution in [0.15, 0.2) is 60.7 Å². The monoisotopic (exact) mass is 497 g/mol. The number of nitrogens with one attached hydrogen (secondary N) is 1. The Morgan fingerprint density at radius 3 is 2.31 bits per heavy atom. The molecule has 35 heavy (non-hydrogen) atoms. The summed E-state index contributed by atoms with van der Waals surface area (Å²) in [7, 11) is -3.21. The molecule has 1 N–H and O–H groups in total. The van der Waals surface area contributed by atoms with Crippen LogP contribution in [0.2, 0.25) is 0 Å². The molecule has 2 saturated heterocycles. The molecule has 0 bridgehead atoms. The van der Waals surface area contributed by atoms with Gasteiger partial charge in [-0.1, -0.05) is 67.6 Å². The maximum atomic E-state index is 13.8. The van der Waals surface area contributed by atoms with Crippen LogP contribution >= 0.6 is 0 Å². The van der Waals surface area contributed by atoms with Gasteiger partial charge in [-0.05, 0) is 30.9 Å². The highest BCUT2D eigenvalue weighted by atomic mass is 32.2. The van der Waals surface area contributed by atoms with Gasteiger partial charge in [0, 0.05) is 18.5 Å². The molecule has 2 fully saturated rings. The van der Waals surface area contributed by atoms with Gasteiger partial charge in [0.05, 0.1) is 11.5 Å². The Kier molecular flexibility index (Phi) is 6.98. The van der Waals surface area contributed by atoms with E-state index < -0.39 is 45.8 Å². The fourth-order valence-electron chi connectivity index (χ4n) is 5.03. The normalized spacial score (nSPS) is 24.3. The van der Waals surface area contributed by atoms with E-state index in [2.05, 4.69) is 5.32 Å². The van der Waals surface area contributed by atoms with Crippen molar-refractivity contribution in [1.82, 2.24) is 15.1 Å². The van der Waals surface area contributed by atoms with Crippen LogP contribution < -0.4 is 5.32 Å². The molecule has 0 spiro atoms. The first-order valence-corrected chi connectivity index (χ1v) is 13.7. The van der Waals surface area contributed by atoms with Crippen molar-refractivity contribution in [1.29, 1.82) is 0 Å². The van der Waals surface area contributed by atoms with Gasteiger partial charge in [-0.15, -0.1) is 0 Å². The standard InChI is InChI=1S/C26H31N3O5S/c1-3-19(2)29(22-14-15-35(33,34)18-22)23(30)17-28-24(31)26(27-25(28)32,21-12-8-5-9-13-21)16-20-10-6-4-7-11-20/h4-13,19,22H,3,14-18H2,1-2H3,(H,27,32). The van der Waals surface area contributed by atoms with E-state index in [0.717, 1.165) is 10.5 Å². The number of amides is 4. The van der Waals surface area contributed by atoms with Gasteiger partial charge in [0.1, 0.15) is 6.54 Å². The van der Waals surface area contributed by atoms with Crippen molar-refractivity contribution >= 4 is 27.7 Å². The Labute approximate surface area is 206 Å². The number of nitrogens with zero attached hydrogens (tertiary/aromatic N) is 2. The number of sulfone groups is 1. The minimum atomic E-state index is -3.21. The molecule has 3 unspecified atom stereocenters. The van der Waals surface area contributed by atoms with Crippen LogP contribution in [0.1, 0.15) is 37.8 Å². The largest absolute Gasteiger partial charge is 0.334 e. The molecule has 2 aliphatic rings. The van der Waals surface area contributed by atoms with Crippen molar-refractivity contribution in [3.63, 3.8) is 0 Å². The van der Waals surface area contributed by atoms with Crippen molar-refractivity contribution in [2.45, 2.75) is 50.7 Å². The quantitative estimate of drug-likeness (QED) is 0.565. The number of hydrogen-bond donors (Lipinski definition) is 1. The fourth-order valence-corrected chi connectivity index (χ4v) is 6.74. The van der Waals surface area contributed by atoms with Crippen LogP contribution in [0.25, 0.3) is 0 Å². The summed E-state index contributed by atoms with van der Waals surface area (Å²) < 4.78 is 24.2. The van der Waals surface area contributed by atoms with Gasteiger partial charge >= 0.3 is 6.03 Å². The smallest absolute Gasteiger partial charge is 0.325 e. The highest BCUT2D eigenvalue weighted by molar-refractivity contribution is 7.91. The molecule has 9 heteroatoms. The van der Waals surface area contributed by atoms with Gasteiger partial charge in [0.2, 0.25) is 5.91 Å². The van der Waals surface area contributed by atoms with E-state index in [1.54, 1.807) is 29.2 Å². The molecule has 4 rings (SSSR count). The lowest BCUT2D eigenvalue weighted by Crippen LogP contribution is -2.52. The van der Waals surface area contributed by atoms with Gasteiger partial charge in [-0.25, -0.2) is 13.2 Å². The summed E-state index contributed by atoms with van der Waals surface area (Å²) in [5.41, 5.74) is 0.172. The molecule has 3 atom stereocenters. The molecule has 0 aromatic heterocycles. The van der Waals surface area contributed by atoms with Gasteiger partial charge < -0.3 is 10.2 Å². The third kappa shape index (κ3) is 4.96. The predicted octanol–water partition coefficient (Wildman–Crippen LogP) is 2.49. The summed E-state index contributed by atoms with van der Waals surface area (Å²) in [4.78, 5) is 42.9. The van der Waals surface area contributed by atoms with E-state index in [1.165, 1.54) is 0 Å². The molecule has 2 aromatic carbocycles. The SMILES string of the molecule is CCC(C)N(C(=O)CN1C(=O)NC(Cc2ccccc2)(c2ccccc2)C1=O)C1CCS(=O)(=O)C1. The van der Waals surface area contributed by atoms with Crippen molar-refractivity contribution in [3.05, 3.63) is 71.8 Å². The van der Waals surface area contributed by atoms with E-state index in [1.807, 2.05) is 50.2 Å². The first-order chi connectivity index (χ1) is 16.7. The van der Waals surface area contributed by atoms with Crippen LogP contribution in [-0.4, -0.2) is 66.2 Å². The Hall–Kier alpha value is -3.20. The average Bonchev–Trinajstić information content (AvgIpc) is 3.32. The second-order valence-electron chi connectivity index (χ2n) is 9.37. The summed E-state index contributed by atoms with van der Waals surface area (Å²) in [6.45, 7) is 3.34. The summed E-state index contributed by atoms with van der Waals surface area (Å²) in [5.74, 6) is -0.969. The Morgan fingerprint density at radius 1 is 1.11 bits per heavy atom. The average molecular weight is 498 g/mol. The maximum Gasteiger partial charge on any atom is 0.325 e. The molecule has 0 saturated carbocycles. The van der Waals surface area contributed by atoms with E-state index in [0.29, 0.717) is 18.4 Å². The van der Waals surface area contributed by atoms with E-state index in [4.69, 9.17) is 0 Å². The number of carbonyl (C=O) groups excluding carboxylic acids is 3. The number of imide groups is 1. The lowest BCUT2D eigenvalue weighted by atomic mass is 9.83. The Bertz CT molecular complexity index is 1200. The van der Waals surface area contributed by atoms with Crippen LogP contribution in [-0.2, 0) is 31.4 Å². The molecular formula is C26H31N3O5S. The van der Waals surface area contributed by atoms with Crippen LogP contribution in [0, 0.1) is 0 Å². The van der Waals surface area contributed by atoms with Gasteiger partial charge in [-0.2, -0.15) is 0 Å². The zero-order valence-electron chi connectivity index (χ0n) is 20.0. The zero-order chi connectivity index (χ0) is 25.2. The minimum Gasteiger partial charge on any atom is -0.334 e. The third-order valence-corrected chi connectivity index (χ3v) is 8.75. The van der Waals surface area contributed by atoms with Crippen molar-refractivity contribution < 1.29 is 22.8 Å². The van der Waals surface area contributed by atoms with Crippen molar-refractivity contribution in [2.75, 3.05) is 18.1 Å². The van der Waals surface area contributed by atoms with E-state index in [-0.39, 0.29) is 24.0 Å². The molecule has 2 heterocycles. The maximum absolute atomic E-state index is 13.8. The van der Waals surface area contributed by atoms with Crippen molar-refractivity contribution in [3.8, 4) is 0 Å². The molecule has 8 nitrogen and oxygen atoms in total. The molecule has 0 aliphatic carbocycles. The van der Waals surface area contributed by atoms with E-state index >= 15 is 0 Å². The summed E-state index contributed by atoms with van der Waals surface area (Å²) in [6.07, 6.45) is 1.23. The second kappa shape index (κ2) is 9.81. The fraction of sp³-hybridized carbons (Fsp3) is 0.423. The summed E-state index contributed by atoms with van der Waals surface area (Å²) in [5, 5.41) is 2.87. The minimum absolute atomic E-state index is 0.0369. The van der Waals surface area contributed by atoms with Gasteiger partial charge in [0.15, 0.2) is 15.4 Å². The van der Waals surface area contributed by atoms with Crippen LogP contribution in [0.3, 0.4) is 0 Å².